The molecule has 6 heteroatoms. The monoisotopic (exact) mass is 426 g/mol. The van der Waals surface area contributed by atoms with Crippen LogP contribution in [0.3, 0.4) is 0 Å². The molecule has 2 heterocycles. The van der Waals surface area contributed by atoms with Gasteiger partial charge >= 0.3 is 0 Å². The number of nitrogens with zero attached hydrogens (tertiary/aromatic N) is 2. The predicted octanol–water partition coefficient (Wildman–Crippen LogP) is 3.84. The molecule has 0 radical (unpaired) electrons. The van der Waals surface area contributed by atoms with E-state index in [4.69, 9.17) is 14.1 Å². The maximum atomic E-state index is 5.44. The Morgan fingerprint density at radius 2 is 1.97 bits per heavy atom. The van der Waals surface area contributed by atoms with Gasteiger partial charge in [-0.25, -0.2) is 0 Å². The molecule has 0 bridgehead atoms. The minimum absolute atomic E-state index is 0.463. The Hall–Kier alpha value is -2.31. The van der Waals surface area contributed by atoms with Crippen LogP contribution in [0.1, 0.15) is 43.9 Å². The van der Waals surface area contributed by atoms with Crippen LogP contribution in [0.4, 0.5) is 0 Å². The molecule has 1 aromatic carbocycles. The van der Waals surface area contributed by atoms with Crippen molar-refractivity contribution in [2.45, 2.75) is 51.6 Å². The molecule has 31 heavy (non-hydrogen) atoms. The maximum Gasteiger partial charge on any atom is 0.191 e. The van der Waals surface area contributed by atoms with Gasteiger partial charge in [0, 0.05) is 58.4 Å². The fraction of sp³-hybridized carbons (Fsp3) is 0.560. The van der Waals surface area contributed by atoms with E-state index in [9.17, 15) is 0 Å². The molecule has 1 fully saturated rings. The van der Waals surface area contributed by atoms with Crippen LogP contribution in [0, 0.1) is 0 Å². The highest BCUT2D eigenvalue weighted by atomic mass is 16.5. The number of ether oxygens (including phenoxy) is 1. The van der Waals surface area contributed by atoms with Crippen molar-refractivity contribution in [3.05, 3.63) is 60.1 Å². The second-order valence-corrected chi connectivity index (χ2v) is 8.07. The third kappa shape index (κ3) is 9.15. The largest absolute Gasteiger partial charge is 0.469 e. The number of aliphatic imine (C=N–C) groups is 1. The average Bonchev–Trinajstić information content (AvgIpc) is 3.31. The minimum Gasteiger partial charge on any atom is -0.469 e. The molecular formula is C25H38N4O2. The van der Waals surface area contributed by atoms with Crippen molar-refractivity contribution >= 4 is 5.96 Å². The summed E-state index contributed by atoms with van der Waals surface area (Å²) in [7, 11) is 0. The Balaban J connectivity index is 1.42. The van der Waals surface area contributed by atoms with Crippen LogP contribution in [-0.2, 0) is 17.7 Å². The van der Waals surface area contributed by atoms with Gasteiger partial charge in [0.2, 0.25) is 0 Å². The molecule has 170 valence electrons. The molecule has 1 aromatic heterocycles. The van der Waals surface area contributed by atoms with Gasteiger partial charge in [0.25, 0.3) is 0 Å². The molecule has 1 saturated heterocycles. The molecule has 0 unspecified atom stereocenters. The Kier molecular flexibility index (Phi) is 10.5. The first-order valence-corrected chi connectivity index (χ1v) is 11.7. The number of furan rings is 1. The molecular weight excluding hydrogens is 388 g/mol. The second-order valence-electron chi connectivity index (χ2n) is 8.07. The van der Waals surface area contributed by atoms with E-state index in [-0.39, 0.29) is 0 Å². The van der Waals surface area contributed by atoms with Gasteiger partial charge in [-0.2, -0.15) is 0 Å². The zero-order chi connectivity index (χ0) is 21.6. The van der Waals surface area contributed by atoms with Crippen LogP contribution < -0.4 is 10.6 Å². The fourth-order valence-electron chi connectivity index (χ4n) is 3.83. The number of unbranched alkanes of at least 4 members (excludes halogenated alkanes) is 1. The van der Waals surface area contributed by atoms with E-state index in [1.54, 1.807) is 6.26 Å². The molecule has 2 aromatic rings. The molecule has 0 saturated carbocycles. The quantitative estimate of drug-likeness (QED) is 0.307. The number of nitrogens with one attached hydrogen (secondary N) is 2. The van der Waals surface area contributed by atoms with Crippen molar-refractivity contribution in [3.63, 3.8) is 0 Å². The van der Waals surface area contributed by atoms with E-state index in [0.29, 0.717) is 6.04 Å². The lowest BCUT2D eigenvalue weighted by molar-refractivity contribution is 0.144. The zero-order valence-corrected chi connectivity index (χ0v) is 18.9. The van der Waals surface area contributed by atoms with Crippen molar-refractivity contribution in [3.8, 4) is 0 Å². The van der Waals surface area contributed by atoms with Crippen LogP contribution >= 0.6 is 0 Å². The molecule has 6 nitrogen and oxygen atoms in total. The van der Waals surface area contributed by atoms with Crippen molar-refractivity contribution in [1.82, 2.24) is 15.5 Å². The topological polar surface area (TPSA) is 62.0 Å². The molecule has 3 rings (SSSR count). The summed E-state index contributed by atoms with van der Waals surface area (Å²) in [6.07, 6.45) is 6.94. The van der Waals surface area contributed by atoms with Gasteiger partial charge in [-0.3, -0.25) is 9.89 Å². The van der Waals surface area contributed by atoms with Crippen LogP contribution in [-0.4, -0.2) is 56.3 Å². The van der Waals surface area contributed by atoms with Gasteiger partial charge < -0.3 is 19.8 Å². The summed E-state index contributed by atoms with van der Waals surface area (Å²) in [6.45, 7) is 8.53. The van der Waals surface area contributed by atoms with Crippen LogP contribution in [0.25, 0.3) is 0 Å². The van der Waals surface area contributed by atoms with Gasteiger partial charge in [-0.1, -0.05) is 30.3 Å². The first-order valence-electron chi connectivity index (χ1n) is 11.7. The van der Waals surface area contributed by atoms with Crippen LogP contribution in [0.5, 0.6) is 0 Å². The molecule has 0 amide bonds. The zero-order valence-electron chi connectivity index (χ0n) is 18.9. The van der Waals surface area contributed by atoms with Crippen LogP contribution in [0.15, 0.2) is 58.1 Å². The van der Waals surface area contributed by atoms with Gasteiger partial charge in [0.05, 0.1) is 6.26 Å². The number of benzene rings is 1. The van der Waals surface area contributed by atoms with E-state index in [1.165, 1.54) is 5.56 Å². The summed E-state index contributed by atoms with van der Waals surface area (Å²) >= 11 is 0. The molecule has 0 atom stereocenters. The lowest BCUT2D eigenvalue weighted by Gasteiger charge is -2.33. The Labute approximate surface area is 187 Å². The standard InChI is InChI=1S/C25H38N4O2/c1-2-30-19-7-6-15-26-25(27-16-12-24-11-8-20-31-24)28-23-13-17-29(18-14-23)21-22-9-4-3-5-10-22/h3-5,8-11,20,23H,2,6-7,12-19,21H2,1H3,(H2,26,27,28). The highest BCUT2D eigenvalue weighted by molar-refractivity contribution is 5.80. The Morgan fingerprint density at radius 1 is 1.13 bits per heavy atom. The Morgan fingerprint density at radius 3 is 2.71 bits per heavy atom. The van der Waals surface area contributed by atoms with E-state index in [0.717, 1.165) is 89.8 Å². The SMILES string of the molecule is CCOCCCCN=C(NCCc1ccco1)NC1CCN(Cc2ccccc2)CC1. The first-order chi connectivity index (χ1) is 15.3. The predicted molar refractivity (Wildman–Crippen MR) is 126 cm³/mol. The van der Waals surface area contributed by atoms with E-state index in [1.807, 2.05) is 19.1 Å². The number of hydrogen-bond donors (Lipinski definition) is 2. The van der Waals surface area contributed by atoms with Gasteiger partial charge in [0.1, 0.15) is 5.76 Å². The number of rotatable bonds is 12. The summed E-state index contributed by atoms with van der Waals surface area (Å²) < 4.78 is 10.9. The summed E-state index contributed by atoms with van der Waals surface area (Å²) in [5.41, 5.74) is 1.39. The normalized spacial score (nSPS) is 15.8. The highest BCUT2D eigenvalue weighted by Crippen LogP contribution is 2.14. The molecule has 0 aliphatic carbocycles. The van der Waals surface area contributed by atoms with Crippen LogP contribution in [0.2, 0.25) is 0 Å². The third-order valence-corrected chi connectivity index (χ3v) is 5.59. The summed E-state index contributed by atoms with van der Waals surface area (Å²) in [5, 5.41) is 7.17. The van der Waals surface area contributed by atoms with E-state index < -0.39 is 0 Å². The van der Waals surface area contributed by atoms with Crippen molar-refractivity contribution < 1.29 is 9.15 Å². The summed E-state index contributed by atoms with van der Waals surface area (Å²) in [4.78, 5) is 7.36. The Bertz CT molecular complexity index is 725. The van der Waals surface area contributed by atoms with Gasteiger partial charge in [-0.15, -0.1) is 0 Å². The van der Waals surface area contributed by atoms with Gasteiger partial charge in [0.15, 0.2) is 5.96 Å². The van der Waals surface area contributed by atoms with Crippen molar-refractivity contribution in [2.24, 2.45) is 4.99 Å². The summed E-state index contributed by atoms with van der Waals surface area (Å²) in [5.74, 6) is 1.92. The number of hydrogen-bond acceptors (Lipinski definition) is 4. The maximum absolute atomic E-state index is 5.44. The lowest BCUT2D eigenvalue weighted by atomic mass is 10.0. The number of piperidine rings is 1. The third-order valence-electron chi connectivity index (χ3n) is 5.59. The van der Waals surface area contributed by atoms with Crippen molar-refractivity contribution in [1.29, 1.82) is 0 Å². The van der Waals surface area contributed by atoms with E-state index >= 15 is 0 Å². The lowest BCUT2D eigenvalue weighted by Crippen LogP contribution is -2.49. The van der Waals surface area contributed by atoms with Crippen molar-refractivity contribution in [2.75, 3.05) is 39.4 Å². The molecule has 1 aliphatic rings. The first kappa shape index (κ1) is 23.4. The molecule has 1 aliphatic heterocycles. The smallest absolute Gasteiger partial charge is 0.191 e. The number of likely N-dealkylation sites (tertiary alicyclic amines) is 1. The second kappa shape index (κ2) is 13.9. The highest BCUT2D eigenvalue weighted by Gasteiger charge is 2.20. The molecule has 2 N–H and O–H groups in total. The minimum atomic E-state index is 0.463. The summed E-state index contributed by atoms with van der Waals surface area (Å²) in [6, 6.07) is 15.2. The fourth-order valence-corrected chi connectivity index (χ4v) is 3.83. The van der Waals surface area contributed by atoms with E-state index in [2.05, 4.69) is 45.9 Å². The average molecular weight is 427 g/mol. The molecule has 0 spiro atoms. The van der Waals surface area contributed by atoms with Gasteiger partial charge in [-0.05, 0) is 50.3 Å². The number of guanidine groups is 1.